The lowest BCUT2D eigenvalue weighted by Gasteiger charge is -2.35. The minimum absolute atomic E-state index is 0.218. The first kappa shape index (κ1) is 17.3. The molecule has 1 saturated heterocycles. The van der Waals surface area contributed by atoms with Gasteiger partial charge in [0, 0.05) is 22.6 Å². The Morgan fingerprint density at radius 1 is 1.29 bits per heavy atom. The van der Waals surface area contributed by atoms with Gasteiger partial charge in [-0.2, -0.15) is 0 Å². The fourth-order valence-electron chi connectivity index (χ4n) is 3.72. The van der Waals surface area contributed by atoms with Crippen molar-refractivity contribution in [2.75, 3.05) is 13.7 Å². The van der Waals surface area contributed by atoms with Crippen molar-refractivity contribution in [3.05, 3.63) is 40.4 Å². The molecule has 1 unspecified atom stereocenters. The van der Waals surface area contributed by atoms with Crippen LogP contribution in [0.2, 0.25) is 0 Å². The van der Waals surface area contributed by atoms with E-state index in [1.165, 1.54) is 6.42 Å². The molecule has 4 heteroatoms. The van der Waals surface area contributed by atoms with E-state index in [1.807, 2.05) is 18.2 Å². The maximum absolute atomic E-state index is 13.0. The number of likely N-dealkylation sites (tertiary alicyclic amines) is 1. The van der Waals surface area contributed by atoms with E-state index < -0.39 is 0 Å². The molecule has 1 aliphatic rings. The molecule has 0 N–H and O–H groups in total. The fourth-order valence-corrected chi connectivity index (χ4v) is 4.10. The Bertz CT molecular complexity index is 744. The minimum atomic E-state index is 0.218. The average Bonchev–Trinajstić information content (AvgIpc) is 2.61. The number of nitrogens with zero attached hydrogens (tertiary/aromatic N) is 1. The molecular formula is C20H24BrNO2. The predicted octanol–water partition coefficient (Wildman–Crippen LogP) is 4.94. The van der Waals surface area contributed by atoms with Gasteiger partial charge in [0.05, 0.1) is 13.5 Å². The number of fused-ring (bicyclic) bond motifs is 1. The van der Waals surface area contributed by atoms with Crippen LogP contribution in [0.4, 0.5) is 0 Å². The molecule has 3 rings (SSSR count). The zero-order chi connectivity index (χ0) is 17.1. The third-order valence-electron chi connectivity index (χ3n) is 5.02. The highest BCUT2D eigenvalue weighted by molar-refractivity contribution is 9.10. The summed E-state index contributed by atoms with van der Waals surface area (Å²) in [5.41, 5.74) is 0.993. The third kappa shape index (κ3) is 3.44. The number of halogens is 1. The Balaban J connectivity index is 1.94. The van der Waals surface area contributed by atoms with Gasteiger partial charge in [0.1, 0.15) is 5.75 Å². The van der Waals surface area contributed by atoms with Gasteiger partial charge in [-0.15, -0.1) is 0 Å². The maximum atomic E-state index is 13.0. The number of carbonyl (C=O) groups is 1. The molecule has 1 aliphatic heterocycles. The summed E-state index contributed by atoms with van der Waals surface area (Å²) in [4.78, 5) is 15.1. The first-order chi connectivity index (χ1) is 11.6. The van der Waals surface area contributed by atoms with Crippen LogP contribution in [0.5, 0.6) is 5.75 Å². The molecule has 2 aromatic carbocycles. The summed E-state index contributed by atoms with van der Waals surface area (Å²) in [5, 5.41) is 2.22. The minimum Gasteiger partial charge on any atom is -0.496 e. The largest absolute Gasteiger partial charge is 0.496 e. The summed E-state index contributed by atoms with van der Waals surface area (Å²) in [6.45, 7) is 3.06. The zero-order valence-electron chi connectivity index (χ0n) is 14.3. The quantitative estimate of drug-likeness (QED) is 0.740. The van der Waals surface area contributed by atoms with Crippen LogP contribution >= 0.6 is 15.9 Å². The van der Waals surface area contributed by atoms with Crippen LogP contribution in [0.3, 0.4) is 0 Å². The van der Waals surface area contributed by atoms with E-state index in [-0.39, 0.29) is 5.91 Å². The summed E-state index contributed by atoms with van der Waals surface area (Å²) in [7, 11) is 1.67. The van der Waals surface area contributed by atoms with Crippen LogP contribution in [-0.2, 0) is 11.2 Å². The Labute approximate surface area is 152 Å². The lowest BCUT2D eigenvalue weighted by atomic mass is 9.97. The summed E-state index contributed by atoms with van der Waals surface area (Å²) in [6.07, 6.45) is 4.90. The molecule has 0 spiro atoms. The van der Waals surface area contributed by atoms with Crippen molar-refractivity contribution in [2.45, 2.75) is 45.1 Å². The lowest BCUT2D eigenvalue weighted by Crippen LogP contribution is -2.44. The normalized spacial score (nSPS) is 18.0. The highest BCUT2D eigenvalue weighted by atomic mass is 79.9. The second kappa shape index (κ2) is 7.56. The van der Waals surface area contributed by atoms with Gasteiger partial charge in [-0.05, 0) is 54.7 Å². The van der Waals surface area contributed by atoms with E-state index in [9.17, 15) is 4.79 Å². The molecule has 0 bridgehead atoms. The van der Waals surface area contributed by atoms with E-state index in [0.29, 0.717) is 12.5 Å². The SMILES string of the molecule is CCC1CCCCN1C(=O)Cc1c(OC)ccc2cc(Br)ccc12. The average molecular weight is 390 g/mol. The Hall–Kier alpha value is -1.55. The van der Waals surface area contributed by atoms with Gasteiger partial charge in [-0.25, -0.2) is 0 Å². The van der Waals surface area contributed by atoms with Crippen molar-refractivity contribution < 1.29 is 9.53 Å². The smallest absolute Gasteiger partial charge is 0.227 e. The Kier molecular flexibility index (Phi) is 5.44. The van der Waals surface area contributed by atoms with Gasteiger partial charge in [0.2, 0.25) is 5.91 Å². The third-order valence-corrected chi connectivity index (χ3v) is 5.51. The second-order valence-corrected chi connectivity index (χ2v) is 7.35. The van der Waals surface area contributed by atoms with E-state index >= 15 is 0 Å². The number of benzene rings is 2. The van der Waals surface area contributed by atoms with Crippen molar-refractivity contribution in [1.82, 2.24) is 4.90 Å². The number of ether oxygens (including phenoxy) is 1. The van der Waals surface area contributed by atoms with Gasteiger partial charge in [-0.3, -0.25) is 4.79 Å². The van der Waals surface area contributed by atoms with Crippen molar-refractivity contribution in [1.29, 1.82) is 0 Å². The molecule has 128 valence electrons. The standard InChI is InChI=1S/C20H24BrNO2/c1-3-16-6-4-5-11-22(16)20(23)13-18-17-9-8-15(21)12-14(17)7-10-19(18)24-2/h7-10,12,16H,3-6,11,13H2,1-2H3. The second-order valence-electron chi connectivity index (χ2n) is 6.43. The molecule has 1 heterocycles. The number of amides is 1. The van der Waals surface area contributed by atoms with Gasteiger partial charge in [-0.1, -0.05) is 35.0 Å². The molecule has 1 atom stereocenters. The van der Waals surface area contributed by atoms with Crippen LogP contribution in [0.15, 0.2) is 34.8 Å². The van der Waals surface area contributed by atoms with Crippen molar-refractivity contribution >= 4 is 32.6 Å². The summed E-state index contributed by atoms with van der Waals surface area (Å²) in [6, 6.07) is 10.6. The Morgan fingerprint density at radius 2 is 2.12 bits per heavy atom. The van der Waals surface area contributed by atoms with Crippen molar-refractivity contribution in [3.63, 3.8) is 0 Å². The van der Waals surface area contributed by atoms with Gasteiger partial charge >= 0.3 is 0 Å². The number of piperidine rings is 1. The van der Waals surface area contributed by atoms with Crippen LogP contribution < -0.4 is 4.74 Å². The molecule has 0 radical (unpaired) electrons. The summed E-state index contributed by atoms with van der Waals surface area (Å²) >= 11 is 3.52. The van der Waals surface area contributed by atoms with E-state index in [0.717, 1.165) is 52.4 Å². The molecule has 3 nitrogen and oxygen atoms in total. The lowest BCUT2D eigenvalue weighted by molar-refractivity contribution is -0.134. The van der Waals surface area contributed by atoms with Gasteiger partial charge in [0.15, 0.2) is 0 Å². The van der Waals surface area contributed by atoms with Crippen LogP contribution in [0.25, 0.3) is 10.8 Å². The van der Waals surface area contributed by atoms with Crippen LogP contribution in [0.1, 0.15) is 38.2 Å². The van der Waals surface area contributed by atoms with E-state index in [4.69, 9.17) is 4.74 Å². The van der Waals surface area contributed by atoms with E-state index in [2.05, 4.69) is 39.9 Å². The summed E-state index contributed by atoms with van der Waals surface area (Å²) < 4.78 is 6.58. The molecule has 1 amide bonds. The molecule has 1 fully saturated rings. The van der Waals surface area contributed by atoms with Crippen LogP contribution in [0, 0.1) is 0 Å². The number of rotatable bonds is 4. The number of hydrogen-bond acceptors (Lipinski definition) is 2. The van der Waals surface area contributed by atoms with Crippen molar-refractivity contribution in [3.8, 4) is 5.75 Å². The Morgan fingerprint density at radius 3 is 2.88 bits per heavy atom. The number of hydrogen-bond donors (Lipinski definition) is 0. The first-order valence-electron chi connectivity index (χ1n) is 8.68. The van der Waals surface area contributed by atoms with Gasteiger partial charge in [0.25, 0.3) is 0 Å². The first-order valence-corrected chi connectivity index (χ1v) is 9.48. The molecule has 24 heavy (non-hydrogen) atoms. The predicted molar refractivity (Wildman–Crippen MR) is 102 cm³/mol. The zero-order valence-corrected chi connectivity index (χ0v) is 15.9. The number of carbonyl (C=O) groups excluding carboxylic acids is 1. The highest BCUT2D eigenvalue weighted by Crippen LogP contribution is 2.31. The van der Waals surface area contributed by atoms with E-state index in [1.54, 1.807) is 7.11 Å². The van der Waals surface area contributed by atoms with Crippen LogP contribution in [-0.4, -0.2) is 30.5 Å². The maximum Gasteiger partial charge on any atom is 0.227 e. The van der Waals surface area contributed by atoms with Gasteiger partial charge < -0.3 is 9.64 Å². The van der Waals surface area contributed by atoms with Crippen molar-refractivity contribution in [2.24, 2.45) is 0 Å². The molecule has 0 aromatic heterocycles. The molecule has 2 aromatic rings. The monoisotopic (exact) mass is 389 g/mol. The summed E-state index contributed by atoms with van der Waals surface area (Å²) in [5.74, 6) is 1.01. The molecular weight excluding hydrogens is 366 g/mol. The molecule has 0 saturated carbocycles. The molecule has 0 aliphatic carbocycles. The fraction of sp³-hybridized carbons (Fsp3) is 0.450. The highest BCUT2D eigenvalue weighted by Gasteiger charge is 2.26. The topological polar surface area (TPSA) is 29.5 Å². The number of methoxy groups -OCH3 is 1.